The minimum absolute atomic E-state index is 0.0211. The molecule has 0 atom stereocenters. The number of benzene rings is 2. The highest BCUT2D eigenvalue weighted by Crippen LogP contribution is 2.33. The Morgan fingerprint density at radius 3 is 2.38 bits per heavy atom. The molecule has 0 spiro atoms. The Kier molecular flexibility index (Phi) is 7.97. The van der Waals surface area contributed by atoms with Gasteiger partial charge in [0.2, 0.25) is 5.75 Å². The Morgan fingerprint density at radius 2 is 1.79 bits per heavy atom. The number of nitro groups is 1. The lowest BCUT2D eigenvalue weighted by atomic mass is 10.2. The van der Waals surface area contributed by atoms with E-state index in [1.54, 1.807) is 0 Å². The van der Waals surface area contributed by atoms with Gasteiger partial charge in [-0.25, -0.2) is 4.79 Å². The van der Waals surface area contributed by atoms with Crippen LogP contribution in [0, 0.1) is 10.1 Å². The first kappa shape index (κ1) is 22.2. The molecular weight excluding hydrogens is 400 g/mol. The average molecular weight is 421 g/mol. The van der Waals surface area contributed by atoms with Gasteiger partial charge in [-0.1, -0.05) is 25.4 Å². The summed E-state index contributed by atoms with van der Waals surface area (Å²) in [6, 6.07) is 9.93. The summed E-state index contributed by atoms with van der Waals surface area (Å²) in [5.41, 5.74) is -0.0530. The minimum atomic E-state index is -0.659. The summed E-state index contributed by atoms with van der Waals surface area (Å²) < 4.78 is 10.5. The molecule has 0 aliphatic rings. The van der Waals surface area contributed by atoms with Crippen molar-refractivity contribution in [3.8, 4) is 11.5 Å². The number of halogens is 1. The number of esters is 1. The van der Waals surface area contributed by atoms with Crippen LogP contribution in [0.25, 0.3) is 0 Å². The van der Waals surface area contributed by atoms with Crippen LogP contribution in [0.3, 0.4) is 0 Å². The number of amides is 1. The fraction of sp³-hybridized carbons (Fsp3) is 0.300. The molecule has 1 amide bonds. The van der Waals surface area contributed by atoms with Crippen LogP contribution in [0.5, 0.6) is 11.5 Å². The summed E-state index contributed by atoms with van der Waals surface area (Å²) in [4.78, 5) is 34.4. The number of carbonyl (C=O) groups excluding carboxylic acids is 2. The molecule has 154 valence electrons. The Balaban J connectivity index is 1.97. The number of hydrogen-bond donors (Lipinski definition) is 1. The molecule has 0 unspecified atom stereocenters. The third-order valence-corrected chi connectivity index (χ3v) is 4.36. The molecule has 2 aromatic rings. The average Bonchev–Trinajstić information content (AvgIpc) is 2.71. The van der Waals surface area contributed by atoms with Crippen molar-refractivity contribution in [2.45, 2.75) is 32.7 Å². The molecule has 2 rings (SSSR count). The smallest absolute Gasteiger partial charge is 0.338 e. The third-order valence-electron chi connectivity index (χ3n) is 4.12. The van der Waals surface area contributed by atoms with Gasteiger partial charge in [-0.05, 0) is 49.2 Å². The number of hydrogen-bond acceptors (Lipinski definition) is 6. The molecule has 8 nitrogen and oxygen atoms in total. The number of nitro benzene ring substituents is 1. The van der Waals surface area contributed by atoms with Gasteiger partial charge in [0.05, 0.1) is 10.5 Å². The summed E-state index contributed by atoms with van der Waals surface area (Å²) >= 11 is 5.78. The largest absolute Gasteiger partial charge is 0.452 e. The second-order valence-corrected chi connectivity index (χ2v) is 6.59. The predicted molar refractivity (Wildman–Crippen MR) is 107 cm³/mol. The van der Waals surface area contributed by atoms with Gasteiger partial charge in [0, 0.05) is 17.1 Å². The van der Waals surface area contributed by atoms with E-state index in [9.17, 15) is 19.7 Å². The lowest BCUT2D eigenvalue weighted by molar-refractivity contribution is -0.385. The van der Waals surface area contributed by atoms with Crippen molar-refractivity contribution in [2.24, 2.45) is 0 Å². The van der Waals surface area contributed by atoms with Crippen LogP contribution in [-0.2, 0) is 9.53 Å². The first-order valence-electron chi connectivity index (χ1n) is 9.02. The Labute approximate surface area is 172 Å². The van der Waals surface area contributed by atoms with E-state index in [1.807, 2.05) is 13.8 Å². The van der Waals surface area contributed by atoms with Gasteiger partial charge in [-0.15, -0.1) is 0 Å². The predicted octanol–water partition coefficient (Wildman–Crippen LogP) is 4.50. The number of nitrogens with one attached hydrogen (secondary N) is 1. The molecule has 29 heavy (non-hydrogen) atoms. The van der Waals surface area contributed by atoms with Crippen molar-refractivity contribution < 1.29 is 24.0 Å². The fourth-order valence-corrected chi connectivity index (χ4v) is 2.65. The van der Waals surface area contributed by atoms with Gasteiger partial charge >= 0.3 is 11.7 Å². The zero-order valence-corrected chi connectivity index (χ0v) is 16.8. The standard InChI is InChI=1S/C20H21ClN2O6/c1-3-15(4-2)22-19(24)12-28-20(25)13-5-8-16(9-6-13)29-18-10-7-14(21)11-17(18)23(26)27/h5-11,15H,3-4,12H2,1-2H3,(H,22,24). The van der Waals surface area contributed by atoms with E-state index in [-0.39, 0.29) is 40.6 Å². The minimum Gasteiger partial charge on any atom is -0.452 e. The van der Waals surface area contributed by atoms with E-state index in [0.29, 0.717) is 5.75 Å². The first-order valence-corrected chi connectivity index (χ1v) is 9.40. The maximum atomic E-state index is 12.1. The van der Waals surface area contributed by atoms with Crippen LogP contribution in [-0.4, -0.2) is 29.4 Å². The van der Waals surface area contributed by atoms with E-state index < -0.39 is 10.9 Å². The van der Waals surface area contributed by atoms with Crippen LogP contribution in [0.2, 0.25) is 5.02 Å². The summed E-state index contributed by atoms with van der Waals surface area (Å²) in [5, 5.41) is 14.1. The summed E-state index contributed by atoms with van der Waals surface area (Å²) in [5.74, 6) is -0.706. The van der Waals surface area contributed by atoms with E-state index in [2.05, 4.69) is 5.32 Å². The van der Waals surface area contributed by atoms with Crippen molar-refractivity contribution in [2.75, 3.05) is 6.61 Å². The maximum Gasteiger partial charge on any atom is 0.338 e. The second kappa shape index (κ2) is 10.4. The van der Waals surface area contributed by atoms with Crippen LogP contribution in [0.4, 0.5) is 5.69 Å². The van der Waals surface area contributed by atoms with E-state index in [4.69, 9.17) is 21.1 Å². The molecule has 0 bridgehead atoms. The van der Waals surface area contributed by atoms with Crippen molar-refractivity contribution in [1.82, 2.24) is 5.32 Å². The lowest BCUT2D eigenvalue weighted by Crippen LogP contribution is -2.36. The quantitative estimate of drug-likeness (QED) is 0.363. The van der Waals surface area contributed by atoms with E-state index in [1.165, 1.54) is 42.5 Å². The molecule has 9 heteroatoms. The number of carbonyl (C=O) groups is 2. The van der Waals surface area contributed by atoms with Gasteiger partial charge in [-0.3, -0.25) is 14.9 Å². The van der Waals surface area contributed by atoms with Crippen LogP contribution < -0.4 is 10.1 Å². The van der Waals surface area contributed by atoms with E-state index in [0.717, 1.165) is 12.8 Å². The van der Waals surface area contributed by atoms with Gasteiger partial charge < -0.3 is 14.8 Å². The lowest BCUT2D eigenvalue weighted by Gasteiger charge is -2.14. The molecular formula is C20H21ClN2O6. The first-order chi connectivity index (χ1) is 13.8. The second-order valence-electron chi connectivity index (χ2n) is 6.15. The summed E-state index contributed by atoms with van der Waals surface area (Å²) in [6.07, 6.45) is 1.59. The van der Waals surface area contributed by atoms with Gasteiger partial charge in [0.1, 0.15) is 5.75 Å². The molecule has 0 radical (unpaired) electrons. The molecule has 0 heterocycles. The fourth-order valence-electron chi connectivity index (χ4n) is 2.48. The Morgan fingerprint density at radius 1 is 1.14 bits per heavy atom. The Hall–Kier alpha value is -3.13. The highest BCUT2D eigenvalue weighted by molar-refractivity contribution is 6.30. The monoisotopic (exact) mass is 420 g/mol. The normalized spacial score (nSPS) is 10.5. The number of rotatable bonds is 9. The van der Waals surface area contributed by atoms with Gasteiger partial charge in [0.15, 0.2) is 6.61 Å². The van der Waals surface area contributed by atoms with E-state index >= 15 is 0 Å². The number of ether oxygens (including phenoxy) is 2. The van der Waals surface area contributed by atoms with Gasteiger partial charge in [-0.2, -0.15) is 0 Å². The molecule has 0 aliphatic carbocycles. The zero-order valence-electron chi connectivity index (χ0n) is 16.0. The van der Waals surface area contributed by atoms with Crippen molar-refractivity contribution in [1.29, 1.82) is 0 Å². The summed E-state index contributed by atoms with van der Waals surface area (Å²) in [7, 11) is 0. The topological polar surface area (TPSA) is 108 Å². The van der Waals surface area contributed by atoms with Crippen molar-refractivity contribution in [3.63, 3.8) is 0 Å². The van der Waals surface area contributed by atoms with Crippen LogP contribution >= 0.6 is 11.6 Å². The molecule has 2 aromatic carbocycles. The van der Waals surface area contributed by atoms with Crippen LogP contribution in [0.15, 0.2) is 42.5 Å². The molecule has 0 saturated carbocycles. The number of nitrogens with zero attached hydrogens (tertiary/aromatic N) is 1. The van der Waals surface area contributed by atoms with Crippen molar-refractivity contribution in [3.05, 3.63) is 63.2 Å². The summed E-state index contributed by atoms with van der Waals surface area (Å²) in [6.45, 7) is 3.55. The molecule has 0 aliphatic heterocycles. The molecule has 1 N–H and O–H groups in total. The zero-order chi connectivity index (χ0) is 21.4. The van der Waals surface area contributed by atoms with Crippen LogP contribution in [0.1, 0.15) is 37.0 Å². The van der Waals surface area contributed by atoms with Gasteiger partial charge in [0.25, 0.3) is 5.91 Å². The molecule has 0 fully saturated rings. The highest BCUT2D eigenvalue weighted by atomic mass is 35.5. The highest BCUT2D eigenvalue weighted by Gasteiger charge is 2.17. The SMILES string of the molecule is CCC(CC)NC(=O)COC(=O)c1ccc(Oc2ccc(Cl)cc2[N+](=O)[O-])cc1. The van der Waals surface area contributed by atoms with Crippen molar-refractivity contribution >= 4 is 29.2 Å². The third kappa shape index (κ3) is 6.46. The maximum absolute atomic E-state index is 12.1. The Bertz CT molecular complexity index is 881. The molecule has 0 aromatic heterocycles. The molecule has 0 saturated heterocycles.